The van der Waals surface area contributed by atoms with Gasteiger partial charge in [-0.3, -0.25) is 4.79 Å². The maximum atomic E-state index is 13.6. The number of rotatable bonds is 6. The molecule has 0 radical (unpaired) electrons. The number of hydrogen-bond acceptors (Lipinski definition) is 4. The molecule has 1 unspecified atom stereocenters. The minimum Gasteiger partial charge on any atom is -0.370 e. The summed E-state index contributed by atoms with van der Waals surface area (Å²) in [6.07, 6.45) is -0.433. The van der Waals surface area contributed by atoms with Gasteiger partial charge in [-0.05, 0) is 60.9 Å². The van der Waals surface area contributed by atoms with Crippen LogP contribution in [0.25, 0.3) is 11.4 Å². The van der Waals surface area contributed by atoms with E-state index in [1.807, 2.05) is 24.3 Å². The van der Waals surface area contributed by atoms with Crippen LogP contribution in [-0.2, 0) is 23.9 Å². The first-order valence-corrected chi connectivity index (χ1v) is 12.7. The summed E-state index contributed by atoms with van der Waals surface area (Å²) in [5.74, 6) is 1.14. The Kier molecular flexibility index (Phi) is 7.37. The minimum absolute atomic E-state index is 0.0716. The third-order valence-corrected chi connectivity index (χ3v) is 6.74. The predicted octanol–water partition coefficient (Wildman–Crippen LogP) is 7.14. The van der Waals surface area contributed by atoms with E-state index < -0.39 is 23.7 Å². The molecule has 0 bridgehead atoms. The molecule has 1 amide bonds. The van der Waals surface area contributed by atoms with Crippen LogP contribution in [-0.4, -0.2) is 20.7 Å². The first-order chi connectivity index (χ1) is 18.3. The average molecular weight is 540 g/mol. The van der Waals surface area contributed by atoms with Crippen molar-refractivity contribution in [3.8, 4) is 11.4 Å². The number of carbonyl (C=O) groups is 1. The highest BCUT2D eigenvalue weighted by Gasteiger charge is 2.35. The quantitative estimate of drug-likeness (QED) is 0.273. The molecule has 38 heavy (non-hydrogen) atoms. The molecule has 1 aliphatic rings. The lowest BCUT2D eigenvalue weighted by atomic mass is 10.0. The number of halogens is 4. The first-order valence-electron chi connectivity index (χ1n) is 12.3. The maximum absolute atomic E-state index is 13.6. The van der Waals surface area contributed by atoms with E-state index in [-0.39, 0.29) is 10.7 Å². The fourth-order valence-electron chi connectivity index (χ4n) is 4.59. The highest BCUT2D eigenvalue weighted by molar-refractivity contribution is 6.30. The van der Waals surface area contributed by atoms with Crippen molar-refractivity contribution in [2.24, 2.45) is 0 Å². The Bertz CT molecular complexity index is 1420. The smallest absolute Gasteiger partial charge is 0.370 e. The Morgan fingerprint density at radius 1 is 0.947 bits per heavy atom. The van der Waals surface area contributed by atoms with E-state index in [1.54, 1.807) is 30.3 Å². The fourth-order valence-corrected chi connectivity index (χ4v) is 4.76. The van der Waals surface area contributed by atoms with Crippen LogP contribution in [0, 0.1) is 0 Å². The Morgan fingerprint density at radius 2 is 1.71 bits per heavy atom. The Balaban J connectivity index is 1.40. The minimum atomic E-state index is -4.68. The molecule has 0 spiro atoms. The Hall–Kier alpha value is -3.85. The maximum Gasteiger partial charge on any atom is 0.418 e. The third kappa shape index (κ3) is 5.67. The Morgan fingerprint density at radius 3 is 2.45 bits per heavy atom. The highest BCUT2D eigenvalue weighted by atomic mass is 35.5. The third-order valence-electron chi connectivity index (χ3n) is 6.50. The molecule has 0 saturated carbocycles. The fraction of sp³-hybridized carbons (Fsp3) is 0.250. The van der Waals surface area contributed by atoms with E-state index in [9.17, 15) is 18.0 Å². The molecule has 1 aliphatic heterocycles. The molecule has 196 valence electrons. The summed E-state index contributed by atoms with van der Waals surface area (Å²) in [5.41, 5.74) is 0.743. The second-order valence-electron chi connectivity index (χ2n) is 9.14. The SMILES string of the molecule is O=C(Nc1ccc(Cl)cc1C(F)(F)F)C(Nc1ccc(-c2nnc3n2CCCCC3)cc1)c1ccccc1. The summed E-state index contributed by atoms with van der Waals surface area (Å²) >= 11 is 5.79. The molecule has 6 nitrogen and oxygen atoms in total. The molecule has 0 aliphatic carbocycles. The normalized spacial score (nSPS) is 14.3. The molecule has 1 atom stereocenters. The molecule has 4 aromatic rings. The number of benzene rings is 3. The second kappa shape index (κ2) is 10.9. The largest absolute Gasteiger partial charge is 0.418 e. The molecule has 2 heterocycles. The van der Waals surface area contributed by atoms with Gasteiger partial charge in [0.05, 0.1) is 11.3 Å². The van der Waals surface area contributed by atoms with Crippen molar-refractivity contribution in [3.63, 3.8) is 0 Å². The number of aryl methyl sites for hydroxylation is 1. The number of anilines is 2. The van der Waals surface area contributed by atoms with E-state index in [0.29, 0.717) is 11.3 Å². The van der Waals surface area contributed by atoms with Gasteiger partial charge in [-0.1, -0.05) is 48.4 Å². The van der Waals surface area contributed by atoms with E-state index in [0.717, 1.165) is 61.6 Å². The number of nitrogens with one attached hydrogen (secondary N) is 2. The zero-order chi connectivity index (χ0) is 26.7. The van der Waals surface area contributed by atoms with Gasteiger partial charge in [0.25, 0.3) is 5.91 Å². The zero-order valence-electron chi connectivity index (χ0n) is 20.3. The molecule has 5 rings (SSSR count). The summed E-state index contributed by atoms with van der Waals surface area (Å²) in [7, 11) is 0. The molecular weight excluding hydrogens is 515 g/mol. The van der Waals surface area contributed by atoms with Gasteiger partial charge in [0.1, 0.15) is 11.9 Å². The van der Waals surface area contributed by atoms with E-state index in [1.165, 1.54) is 6.07 Å². The number of fused-ring (bicyclic) bond motifs is 1. The molecular formula is C28H25ClF3N5O. The van der Waals surface area contributed by atoms with Gasteiger partial charge in [0.2, 0.25) is 0 Å². The van der Waals surface area contributed by atoms with Crippen LogP contribution in [0.3, 0.4) is 0 Å². The van der Waals surface area contributed by atoms with E-state index >= 15 is 0 Å². The first kappa shape index (κ1) is 25.8. The van der Waals surface area contributed by atoms with Crippen molar-refractivity contribution < 1.29 is 18.0 Å². The average Bonchev–Trinajstić information content (AvgIpc) is 3.16. The van der Waals surface area contributed by atoms with Crippen molar-refractivity contribution >= 4 is 28.9 Å². The molecule has 10 heteroatoms. The predicted molar refractivity (Wildman–Crippen MR) is 141 cm³/mol. The lowest BCUT2D eigenvalue weighted by Crippen LogP contribution is -2.28. The van der Waals surface area contributed by atoms with Crippen LogP contribution in [0.4, 0.5) is 24.5 Å². The number of nitrogens with zero attached hydrogens (tertiary/aromatic N) is 3. The van der Waals surface area contributed by atoms with Gasteiger partial charge in [0.15, 0.2) is 5.82 Å². The van der Waals surface area contributed by atoms with Gasteiger partial charge in [-0.15, -0.1) is 10.2 Å². The van der Waals surface area contributed by atoms with Crippen molar-refractivity contribution in [1.82, 2.24) is 14.8 Å². The van der Waals surface area contributed by atoms with Crippen molar-refractivity contribution in [1.29, 1.82) is 0 Å². The number of amides is 1. The topological polar surface area (TPSA) is 71.8 Å². The molecule has 1 aromatic heterocycles. The number of carbonyl (C=O) groups excluding carboxylic acids is 1. The van der Waals surface area contributed by atoms with Crippen LogP contribution < -0.4 is 10.6 Å². The lowest BCUT2D eigenvalue weighted by molar-refractivity contribution is -0.137. The van der Waals surface area contributed by atoms with Crippen LogP contribution in [0.2, 0.25) is 5.02 Å². The highest BCUT2D eigenvalue weighted by Crippen LogP contribution is 2.37. The van der Waals surface area contributed by atoms with Gasteiger partial charge in [0, 0.05) is 29.2 Å². The summed E-state index contributed by atoms with van der Waals surface area (Å²) < 4.78 is 42.9. The molecule has 0 saturated heterocycles. The molecule has 0 fully saturated rings. The summed E-state index contributed by atoms with van der Waals surface area (Å²) in [4.78, 5) is 13.3. The van der Waals surface area contributed by atoms with Gasteiger partial charge < -0.3 is 15.2 Å². The second-order valence-corrected chi connectivity index (χ2v) is 9.58. The van der Waals surface area contributed by atoms with Crippen LogP contribution in [0.1, 0.15) is 42.3 Å². The Labute approximate surface area is 222 Å². The number of aromatic nitrogens is 3. The lowest BCUT2D eigenvalue weighted by Gasteiger charge is -2.22. The van der Waals surface area contributed by atoms with Crippen LogP contribution >= 0.6 is 11.6 Å². The van der Waals surface area contributed by atoms with Gasteiger partial charge >= 0.3 is 6.18 Å². The van der Waals surface area contributed by atoms with Crippen LogP contribution in [0.15, 0.2) is 72.8 Å². The standard InChI is InChI=1S/C28H25ClF3N5O/c29-20-12-15-23(22(17-20)28(30,31)32)34-27(38)25(18-7-3-1-4-8-18)33-21-13-10-19(11-14-21)26-36-35-24-9-5-2-6-16-37(24)26/h1,3-4,7-8,10-15,17,25,33H,2,5-6,9,16H2,(H,34,38). The van der Waals surface area contributed by atoms with Crippen LogP contribution in [0.5, 0.6) is 0 Å². The van der Waals surface area contributed by atoms with Crippen molar-refractivity contribution in [2.75, 3.05) is 10.6 Å². The van der Waals surface area contributed by atoms with Gasteiger partial charge in [-0.2, -0.15) is 13.2 Å². The zero-order valence-corrected chi connectivity index (χ0v) is 21.1. The monoisotopic (exact) mass is 539 g/mol. The van der Waals surface area contributed by atoms with E-state index in [2.05, 4.69) is 25.4 Å². The number of alkyl halides is 3. The molecule has 3 aromatic carbocycles. The van der Waals surface area contributed by atoms with Crippen molar-refractivity contribution in [3.05, 3.63) is 94.8 Å². The van der Waals surface area contributed by atoms with E-state index in [4.69, 9.17) is 11.6 Å². The summed E-state index contributed by atoms with van der Waals surface area (Å²) in [6, 6.07) is 18.5. The van der Waals surface area contributed by atoms with Gasteiger partial charge in [-0.25, -0.2) is 0 Å². The van der Waals surface area contributed by atoms with Crippen molar-refractivity contribution in [2.45, 2.75) is 44.4 Å². The summed E-state index contributed by atoms with van der Waals surface area (Å²) in [5, 5.41) is 14.3. The summed E-state index contributed by atoms with van der Waals surface area (Å²) in [6.45, 7) is 0.874. The molecule has 2 N–H and O–H groups in total. The number of hydrogen-bond donors (Lipinski definition) is 2.